The van der Waals surface area contributed by atoms with Gasteiger partial charge in [0, 0.05) is 17.9 Å². The molecular formula is C11H12N4S. The van der Waals surface area contributed by atoms with Crippen LogP contribution in [0.1, 0.15) is 5.56 Å². The van der Waals surface area contributed by atoms with Crippen molar-refractivity contribution in [2.45, 2.75) is 12.1 Å². The number of rotatable bonds is 1. The van der Waals surface area contributed by atoms with Gasteiger partial charge in [-0.2, -0.15) is 0 Å². The lowest BCUT2D eigenvalue weighted by Gasteiger charge is -2.16. The Morgan fingerprint density at radius 3 is 3.19 bits per heavy atom. The van der Waals surface area contributed by atoms with Gasteiger partial charge in [-0.1, -0.05) is 35.5 Å². The molecule has 0 unspecified atom stereocenters. The first kappa shape index (κ1) is 9.72. The lowest BCUT2D eigenvalue weighted by atomic mass is 10.1. The normalized spacial score (nSPS) is 14.3. The van der Waals surface area contributed by atoms with Crippen molar-refractivity contribution in [1.82, 2.24) is 14.9 Å². The Morgan fingerprint density at radius 2 is 2.31 bits per heavy atom. The summed E-state index contributed by atoms with van der Waals surface area (Å²) < 4.78 is 1.98. The predicted molar refractivity (Wildman–Crippen MR) is 65.1 cm³/mol. The molecule has 0 saturated carbocycles. The highest BCUT2D eigenvalue weighted by Crippen LogP contribution is 2.25. The van der Waals surface area contributed by atoms with Crippen LogP contribution in [-0.2, 0) is 0 Å². The van der Waals surface area contributed by atoms with E-state index in [2.05, 4.69) is 40.7 Å². The Balaban J connectivity index is 2.09. The number of aryl methyl sites for hydroxylation is 1. The number of hydrogen-bond acceptors (Lipinski definition) is 4. The minimum absolute atomic E-state index is 0.894. The molecule has 0 spiro atoms. The maximum absolute atomic E-state index is 4.24. The molecule has 0 saturated heterocycles. The van der Waals surface area contributed by atoms with Crippen molar-refractivity contribution >= 4 is 11.8 Å². The van der Waals surface area contributed by atoms with Gasteiger partial charge in [-0.3, -0.25) is 0 Å². The number of fused-ring (bicyclic) bond motifs is 1. The van der Waals surface area contributed by atoms with Gasteiger partial charge in [0.05, 0.1) is 0 Å². The molecule has 1 aliphatic rings. The van der Waals surface area contributed by atoms with Crippen molar-refractivity contribution in [3.8, 4) is 11.4 Å². The summed E-state index contributed by atoms with van der Waals surface area (Å²) in [5, 5.41) is 9.36. The maximum atomic E-state index is 4.24. The molecule has 4 nitrogen and oxygen atoms in total. The summed E-state index contributed by atoms with van der Waals surface area (Å²) in [6, 6.07) is 8.31. The summed E-state index contributed by atoms with van der Waals surface area (Å²) in [5.74, 6) is 1.94. The fourth-order valence-corrected chi connectivity index (χ4v) is 2.53. The van der Waals surface area contributed by atoms with Crippen LogP contribution in [0.25, 0.3) is 11.4 Å². The van der Waals surface area contributed by atoms with E-state index in [1.807, 2.05) is 10.7 Å². The lowest BCUT2D eigenvalue weighted by molar-refractivity contribution is 0.755. The van der Waals surface area contributed by atoms with Gasteiger partial charge in [0.25, 0.3) is 0 Å². The quantitative estimate of drug-likeness (QED) is 0.815. The molecular weight excluding hydrogens is 220 g/mol. The van der Waals surface area contributed by atoms with E-state index in [1.165, 1.54) is 5.56 Å². The summed E-state index contributed by atoms with van der Waals surface area (Å²) in [7, 11) is 0. The van der Waals surface area contributed by atoms with Gasteiger partial charge in [0.15, 0.2) is 5.82 Å². The van der Waals surface area contributed by atoms with Gasteiger partial charge in [0.1, 0.15) is 0 Å². The Hall–Kier alpha value is -1.49. The minimum Gasteiger partial charge on any atom is -0.321 e. The zero-order valence-corrected chi connectivity index (χ0v) is 9.79. The van der Waals surface area contributed by atoms with Crippen molar-refractivity contribution in [3.05, 3.63) is 29.8 Å². The van der Waals surface area contributed by atoms with E-state index in [-0.39, 0.29) is 0 Å². The van der Waals surface area contributed by atoms with E-state index in [0.29, 0.717) is 0 Å². The topological polar surface area (TPSA) is 42.7 Å². The van der Waals surface area contributed by atoms with Crippen molar-refractivity contribution in [3.63, 3.8) is 0 Å². The molecule has 82 valence electrons. The van der Waals surface area contributed by atoms with Gasteiger partial charge in [-0.15, -0.1) is 10.2 Å². The molecule has 2 heterocycles. The van der Waals surface area contributed by atoms with Crippen LogP contribution in [0, 0.1) is 6.92 Å². The van der Waals surface area contributed by atoms with E-state index in [9.17, 15) is 0 Å². The standard InChI is InChI=1S/C11H12N4S/c1-8-3-2-4-9(7-8)10-13-14-11-15(10)12-5-6-16-11/h2-4,7,12H,5-6H2,1H3. The van der Waals surface area contributed by atoms with Gasteiger partial charge < -0.3 is 5.43 Å². The third-order valence-electron chi connectivity index (χ3n) is 2.51. The van der Waals surface area contributed by atoms with Crippen LogP contribution in [0.4, 0.5) is 0 Å². The largest absolute Gasteiger partial charge is 0.321 e. The molecule has 2 aromatic rings. The fraction of sp³-hybridized carbons (Fsp3) is 0.273. The Morgan fingerprint density at radius 1 is 1.38 bits per heavy atom. The van der Waals surface area contributed by atoms with E-state index in [0.717, 1.165) is 28.8 Å². The molecule has 0 radical (unpaired) electrons. The number of nitrogens with one attached hydrogen (secondary N) is 1. The number of aromatic nitrogens is 3. The molecule has 3 rings (SSSR count). The summed E-state index contributed by atoms with van der Waals surface area (Å²) in [6.07, 6.45) is 0. The van der Waals surface area contributed by atoms with Gasteiger partial charge in [-0.05, 0) is 13.0 Å². The Labute approximate surface area is 98.0 Å². The lowest BCUT2D eigenvalue weighted by Crippen LogP contribution is -2.23. The fourth-order valence-electron chi connectivity index (χ4n) is 1.78. The molecule has 1 aliphatic heterocycles. The molecule has 0 aliphatic carbocycles. The van der Waals surface area contributed by atoms with Gasteiger partial charge >= 0.3 is 0 Å². The van der Waals surface area contributed by atoms with Crippen molar-refractivity contribution in [2.24, 2.45) is 0 Å². The Bertz CT molecular complexity index is 520. The monoisotopic (exact) mass is 232 g/mol. The van der Waals surface area contributed by atoms with Gasteiger partial charge in [0.2, 0.25) is 5.16 Å². The van der Waals surface area contributed by atoms with E-state index in [4.69, 9.17) is 0 Å². The van der Waals surface area contributed by atoms with E-state index < -0.39 is 0 Å². The van der Waals surface area contributed by atoms with Crippen LogP contribution in [0.2, 0.25) is 0 Å². The van der Waals surface area contributed by atoms with E-state index >= 15 is 0 Å². The second kappa shape index (κ2) is 3.83. The van der Waals surface area contributed by atoms with E-state index in [1.54, 1.807) is 11.8 Å². The second-order valence-corrected chi connectivity index (χ2v) is 4.83. The second-order valence-electron chi connectivity index (χ2n) is 3.77. The SMILES string of the molecule is Cc1cccc(-c2nnc3n2NCCS3)c1. The highest BCUT2D eigenvalue weighted by Gasteiger charge is 2.16. The first-order valence-electron chi connectivity index (χ1n) is 5.24. The molecule has 1 aromatic carbocycles. The number of nitrogens with zero attached hydrogens (tertiary/aromatic N) is 3. The molecule has 1 N–H and O–H groups in total. The number of thioether (sulfide) groups is 1. The first-order chi connectivity index (χ1) is 7.84. The zero-order valence-electron chi connectivity index (χ0n) is 8.97. The summed E-state index contributed by atoms with van der Waals surface area (Å²) in [6.45, 7) is 3.04. The predicted octanol–water partition coefficient (Wildman–Crippen LogP) is 1.90. The highest BCUT2D eigenvalue weighted by molar-refractivity contribution is 7.99. The van der Waals surface area contributed by atoms with Crippen molar-refractivity contribution < 1.29 is 0 Å². The summed E-state index contributed by atoms with van der Waals surface area (Å²) in [4.78, 5) is 0. The average Bonchev–Trinajstić information content (AvgIpc) is 2.72. The molecule has 0 bridgehead atoms. The van der Waals surface area contributed by atoms with Crippen LogP contribution in [0.3, 0.4) is 0 Å². The number of benzene rings is 1. The van der Waals surface area contributed by atoms with Crippen molar-refractivity contribution in [1.29, 1.82) is 0 Å². The van der Waals surface area contributed by atoms with Crippen LogP contribution in [0.5, 0.6) is 0 Å². The molecule has 0 fully saturated rings. The maximum Gasteiger partial charge on any atom is 0.210 e. The first-order valence-corrected chi connectivity index (χ1v) is 6.22. The minimum atomic E-state index is 0.894. The number of hydrogen-bond donors (Lipinski definition) is 1. The third kappa shape index (κ3) is 1.57. The van der Waals surface area contributed by atoms with Crippen molar-refractivity contribution in [2.75, 3.05) is 17.7 Å². The molecule has 16 heavy (non-hydrogen) atoms. The average molecular weight is 232 g/mol. The molecule has 0 atom stereocenters. The summed E-state index contributed by atoms with van der Waals surface area (Å²) >= 11 is 1.74. The third-order valence-corrected chi connectivity index (χ3v) is 3.44. The summed E-state index contributed by atoms with van der Waals surface area (Å²) in [5.41, 5.74) is 5.64. The highest BCUT2D eigenvalue weighted by atomic mass is 32.2. The molecule has 5 heteroatoms. The van der Waals surface area contributed by atoms with Crippen LogP contribution in [0.15, 0.2) is 29.4 Å². The molecule has 1 aromatic heterocycles. The smallest absolute Gasteiger partial charge is 0.210 e. The van der Waals surface area contributed by atoms with Crippen LogP contribution >= 0.6 is 11.8 Å². The molecule has 0 amide bonds. The van der Waals surface area contributed by atoms with Crippen LogP contribution in [-0.4, -0.2) is 27.2 Å². The zero-order chi connectivity index (χ0) is 11.0. The Kier molecular flexibility index (Phi) is 2.32. The van der Waals surface area contributed by atoms with Crippen LogP contribution < -0.4 is 5.43 Å². The van der Waals surface area contributed by atoms with Gasteiger partial charge in [-0.25, -0.2) is 4.68 Å².